The Morgan fingerprint density at radius 1 is 0.958 bits per heavy atom. The van der Waals surface area contributed by atoms with Gasteiger partial charge in [0.25, 0.3) is 0 Å². The zero-order valence-corrected chi connectivity index (χ0v) is 12.9. The maximum atomic E-state index is 12.1. The van der Waals surface area contributed by atoms with Crippen LogP contribution in [0.5, 0.6) is 5.75 Å². The molecule has 0 aliphatic carbocycles. The number of hydrogen-bond acceptors (Lipinski definition) is 4. The fraction of sp³-hybridized carbons (Fsp3) is 0.0556. The van der Waals surface area contributed by atoms with Crippen molar-refractivity contribution in [2.45, 2.75) is 6.92 Å². The van der Waals surface area contributed by atoms with E-state index in [2.05, 4.69) is 15.6 Å². The molecular weight excluding hydrogens is 306 g/mol. The molecule has 6 nitrogen and oxygen atoms in total. The predicted octanol–water partition coefficient (Wildman–Crippen LogP) is 2.83. The van der Waals surface area contributed by atoms with Crippen molar-refractivity contribution in [3.05, 3.63) is 60.3 Å². The van der Waals surface area contributed by atoms with Gasteiger partial charge in [-0.15, -0.1) is 0 Å². The van der Waals surface area contributed by atoms with Gasteiger partial charge in [0, 0.05) is 17.3 Å². The number of rotatable bonds is 2. The van der Waals surface area contributed by atoms with Crippen LogP contribution >= 0.6 is 0 Å². The highest BCUT2D eigenvalue weighted by atomic mass is 16.3. The number of aryl methyl sites for hydroxylation is 1. The van der Waals surface area contributed by atoms with E-state index in [9.17, 15) is 14.7 Å². The molecule has 3 aromatic rings. The number of phenolic OH excluding ortho intramolecular Hbond substituents is 1. The van der Waals surface area contributed by atoms with Crippen LogP contribution in [0.4, 0.5) is 11.4 Å². The van der Waals surface area contributed by atoms with E-state index in [1.807, 2.05) is 12.1 Å². The van der Waals surface area contributed by atoms with E-state index in [0.29, 0.717) is 22.5 Å². The number of pyridine rings is 1. The number of phenols is 1. The van der Waals surface area contributed by atoms with Gasteiger partial charge >= 0.3 is 11.8 Å². The summed E-state index contributed by atoms with van der Waals surface area (Å²) in [4.78, 5) is 28.4. The summed E-state index contributed by atoms with van der Waals surface area (Å²) in [5.41, 5.74) is 2.20. The van der Waals surface area contributed by atoms with E-state index in [1.165, 1.54) is 18.2 Å². The molecule has 3 rings (SSSR count). The second kappa shape index (κ2) is 6.37. The number of benzene rings is 2. The van der Waals surface area contributed by atoms with Crippen LogP contribution in [0.1, 0.15) is 5.56 Å². The summed E-state index contributed by atoms with van der Waals surface area (Å²) in [5.74, 6) is -1.49. The van der Waals surface area contributed by atoms with Gasteiger partial charge in [-0.3, -0.25) is 14.6 Å². The zero-order chi connectivity index (χ0) is 17.1. The second-order valence-electron chi connectivity index (χ2n) is 5.29. The molecular formula is C18H15N3O3. The molecule has 1 heterocycles. The molecule has 24 heavy (non-hydrogen) atoms. The quantitative estimate of drug-likeness (QED) is 0.500. The average Bonchev–Trinajstić information content (AvgIpc) is 2.57. The number of aromatic hydroxyl groups is 1. The lowest BCUT2D eigenvalue weighted by Crippen LogP contribution is -2.29. The molecule has 0 aliphatic rings. The molecule has 1 aromatic heterocycles. The lowest BCUT2D eigenvalue weighted by Gasteiger charge is -2.10. The number of nitrogens with one attached hydrogen (secondary N) is 2. The molecule has 120 valence electrons. The van der Waals surface area contributed by atoms with Crippen LogP contribution < -0.4 is 10.6 Å². The normalized spacial score (nSPS) is 10.4. The predicted molar refractivity (Wildman–Crippen MR) is 91.8 cm³/mol. The molecule has 0 aliphatic heterocycles. The highest BCUT2D eigenvalue weighted by molar-refractivity contribution is 6.44. The maximum Gasteiger partial charge on any atom is 0.314 e. The van der Waals surface area contributed by atoms with Gasteiger partial charge in [-0.2, -0.15) is 0 Å². The summed E-state index contributed by atoms with van der Waals surface area (Å²) < 4.78 is 0. The number of amides is 2. The van der Waals surface area contributed by atoms with Crippen LogP contribution in [0.2, 0.25) is 0 Å². The summed E-state index contributed by atoms with van der Waals surface area (Å²) in [6, 6.07) is 13.5. The summed E-state index contributed by atoms with van der Waals surface area (Å²) in [6.07, 6.45) is 1.62. The molecule has 0 saturated carbocycles. The Kier molecular flexibility index (Phi) is 4.11. The second-order valence-corrected chi connectivity index (χ2v) is 5.29. The minimum Gasteiger partial charge on any atom is -0.508 e. The van der Waals surface area contributed by atoms with E-state index in [-0.39, 0.29) is 5.75 Å². The minimum atomic E-state index is -0.795. The fourth-order valence-corrected chi connectivity index (χ4v) is 2.35. The third-order valence-electron chi connectivity index (χ3n) is 3.55. The van der Waals surface area contributed by atoms with Gasteiger partial charge in [0.05, 0.1) is 11.2 Å². The van der Waals surface area contributed by atoms with E-state index in [4.69, 9.17) is 0 Å². The largest absolute Gasteiger partial charge is 0.508 e. The molecule has 0 atom stereocenters. The van der Waals surface area contributed by atoms with Crippen molar-refractivity contribution in [3.63, 3.8) is 0 Å². The Balaban J connectivity index is 1.77. The monoisotopic (exact) mass is 321 g/mol. The summed E-state index contributed by atoms with van der Waals surface area (Å²) >= 11 is 0. The first kappa shape index (κ1) is 15.5. The van der Waals surface area contributed by atoms with Crippen molar-refractivity contribution in [2.24, 2.45) is 0 Å². The Bertz CT molecular complexity index is 932. The van der Waals surface area contributed by atoms with Crippen LogP contribution in [-0.2, 0) is 9.59 Å². The SMILES string of the molecule is Cc1cc(O)ccc1NC(=O)C(=O)Nc1cccc2cccnc12. The lowest BCUT2D eigenvalue weighted by molar-refractivity contribution is -0.132. The van der Waals surface area contributed by atoms with Crippen LogP contribution in [0, 0.1) is 6.92 Å². The van der Waals surface area contributed by atoms with Gasteiger partial charge in [0.15, 0.2) is 0 Å². The molecule has 3 N–H and O–H groups in total. The van der Waals surface area contributed by atoms with Crippen molar-refractivity contribution < 1.29 is 14.7 Å². The van der Waals surface area contributed by atoms with Gasteiger partial charge in [0.1, 0.15) is 5.75 Å². The number of carbonyl (C=O) groups is 2. The van der Waals surface area contributed by atoms with Crippen molar-refractivity contribution in [3.8, 4) is 5.75 Å². The van der Waals surface area contributed by atoms with E-state index in [0.717, 1.165) is 5.39 Å². The Labute approximate surface area is 138 Å². The van der Waals surface area contributed by atoms with Crippen LogP contribution in [0.15, 0.2) is 54.7 Å². The van der Waals surface area contributed by atoms with Gasteiger partial charge in [-0.05, 0) is 42.8 Å². The number of para-hydroxylation sites is 1. The van der Waals surface area contributed by atoms with Crippen LogP contribution in [-0.4, -0.2) is 21.9 Å². The lowest BCUT2D eigenvalue weighted by atomic mass is 10.2. The summed E-state index contributed by atoms with van der Waals surface area (Å²) in [5, 5.41) is 15.3. The number of hydrogen-bond donors (Lipinski definition) is 3. The van der Waals surface area contributed by atoms with Crippen molar-refractivity contribution in [1.82, 2.24) is 4.98 Å². The smallest absolute Gasteiger partial charge is 0.314 e. The fourth-order valence-electron chi connectivity index (χ4n) is 2.35. The van der Waals surface area contributed by atoms with Gasteiger partial charge in [0.2, 0.25) is 0 Å². The average molecular weight is 321 g/mol. The van der Waals surface area contributed by atoms with Gasteiger partial charge in [-0.25, -0.2) is 0 Å². The van der Waals surface area contributed by atoms with E-state index < -0.39 is 11.8 Å². The Hall–Kier alpha value is -3.41. The molecule has 0 saturated heterocycles. The van der Waals surface area contributed by atoms with Crippen molar-refractivity contribution in [2.75, 3.05) is 10.6 Å². The molecule has 0 spiro atoms. The number of fused-ring (bicyclic) bond motifs is 1. The minimum absolute atomic E-state index is 0.0942. The molecule has 0 radical (unpaired) electrons. The molecule has 0 bridgehead atoms. The highest BCUT2D eigenvalue weighted by Crippen LogP contribution is 2.22. The Morgan fingerprint density at radius 2 is 1.67 bits per heavy atom. The molecule has 0 unspecified atom stereocenters. The van der Waals surface area contributed by atoms with E-state index in [1.54, 1.807) is 31.3 Å². The van der Waals surface area contributed by atoms with Crippen LogP contribution in [0.3, 0.4) is 0 Å². The first-order chi connectivity index (χ1) is 11.5. The Morgan fingerprint density at radius 3 is 2.42 bits per heavy atom. The number of carbonyl (C=O) groups excluding carboxylic acids is 2. The number of anilines is 2. The van der Waals surface area contributed by atoms with Crippen molar-refractivity contribution >= 4 is 34.1 Å². The maximum absolute atomic E-state index is 12.1. The van der Waals surface area contributed by atoms with E-state index >= 15 is 0 Å². The highest BCUT2D eigenvalue weighted by Gasteiger charge is 2.16. The third kappa shape index (κ3) is 3.17. The molecule has 2 aromatic carbocycles. The zero-order valence-electron chi connectivity index (χ0n) is 12.9. The molecule has 6 heteroatoms. The standard InChI is InChI=1S/C18H15N3O3/c1-11-10-13(22)7-8-14(11)20-17(23)18(24)21-15-6-2-4-12-5-3-9-19-16(12)15/h2-10,22H,1H3,(H,20,23)(H,21,24). The van der Waals surface area contributed by atoms with Crippen molar-refractivity contribution in [1.29, 1.82) is 0 Å². The first-order valence-electron chi connectivity index (χ1n) is 7.30. The molecule has 0 fully saturated rings. The van der Waals surface area contributed by atoms with Gasteiger partial charge in [-0.1, -0.05) is 18.2 Å². The first-order valence-corrected chi connectivity index (χ1v) is 7.30. The number of aromatic nitrogens is 1. The number of nitrogens with zero attached hydrogens (tertiary/aromatic N) is 1. The van der Waals surface area contributed by atoms with Crippen LogP contribution in [0.25, 0.3) is 10.9 Å². The summed E-state index contributed by atoms with van der Waals surface area (Å²) in [6.45, 7) is 1.72. The topological polar surface area (TPSA) is 91.3 Å². The molecule has 2 amide bonds. The third-order valence-corrected chi connectivity index (χ3v) is 3.55. The van der Waals surface area contributed by atoms with Gasteiger partial charge < -0.3 is 15.7 Å². The summed E-state index contributed by atoms with van der Waals surface area (Å²) in [7, 11) is 0.